The molecular formula is C21H14Cl4N2O6. The molecule has 1 heterocycles. The number of ether oxygens (including phenoxy) is 1. The molecule has 2 aromatic rings. The Hall–Kier alpha value is -2.65. The van der Waals surface area contributed by atoms with Crippen LogP contribution in [0.15, 0.2) is 24.3 Å². The Kier molecular flexibility index (Phi) is 7.33. The maximum Gasteiger partial charge on any atom is 0.329 e. The molecule has 8 nitrogen and oxygen atoms in total. The van der Waals surface area contributed by atoms with Gasteiger partial charge in [0.25, 0.3) is 17.7 Å². The van der Waals surface area contributed by atoms with Crippen molar-refractivity contribution in [3.8, 4) is 0 Å². The highest BCUT2D eigenvalue weighted by molar-refractivity contribution is 6.55. The first-order valence-corrected chi connectivity index (χ1v) is 10.8. The lowest BCUT2D eigenvalue weighted by Crippen LogP contribution is -2.44. The summed E-state index contributed by atoms with van der Waals surface area (Å²) in [6, 6.07) is 4.69. The Labute approximate surface area is 207 Å². The van der Waals surface area contributed by atoms with E-state index in [9.17, 15) is 24.0 Å². The molecular weight excluding hydrogens is 518 g/mol. The summed E-state index contributed by atoms with van der Waals surface area (Å²) in [5, 5.41) is 1.56. The number of anilines is 1. The van der Waals surface area contributed by atoms with Gasteiger partial charge >= 0.3 is 5.97 Å². The molecule has 0 radical (unpaired) electrons. The normalized spacial score (nSPS) is 13.6. The molecule has 3 rings (SSSR count). The second kappa shape index (κ2) is 9.69. The van der Waals surface area contributed by atoms with E-state index in [1.165, 1.54) is 38.1 Å². The van der Waals surface area contributed by atoms with Crippen molar-refractivity contribution in [2.45, 2.75) is 19.9 Å². The summed E-state index contributed by atoms with van der Waals surface area (Å²) in [5.41, 5.74) is 0.310. The van der Waals surface area contributed by atoms with Gasteiger partial charge in [-0.25, -0.2) is 4.79 Å². The molecule has 3 amide bonds. The van der Waals surface area contributed by atoms with E-state index >= 15 is 0 Å². The van der Waals surface area contributed by atoms with Crippen LogP contribution in [0.2, 0.25) is 20.1 Å². The van der Waals surface area contributed by atoms with E-state index in [2.05, 4.69) is 5.32 Å². The number of hydrogen-bond acceptors (Lipinski definition) is 6. The summed E-state index contributed by atoms with van der Waals surface area (Å²) in [5.74, 6) is -3.62. The molecule has 0 fully saturated rings. The molecule has 33 heavy (non-hydrogen) atoms. The SMILES string of the molecule is CC(=O)c1ccc(NC(=O)COC(=O)[C@H](C)N2C(=O)c3c(Cl)c(Cl)c(Cl)c(Cl)c3C2=O)cc1. The number of ketones is 1. The maximum absolute atomic E-state index is 12.8. The average molecular weight is 532 g/mol. The first kappa shape index (κ1) is 25.0. The first-order chi connectivity index (χ1) is 15.5. The Morgan fingerprint density at radius 1 is 0.909 bits per heavy atom. The Balaban J connectivity index is 1.67. The van der Waals surface area contributed by atoms with Gasteiger partial charge in [-0.15, -0.1) is 0 Å². The summed E-state index contributed by atoms with van der Waals surface area (Å²) in [7, 11) is 0. The number of Topliss-reactive ketones (excluding diaryl/α,β-unsaturated/α-hetero) is 1. The van der Waals surface area contributed by atoms with Crippen molar-refractivity contribution in [2.24, 2.45) is 0 Å². The summed E-state index contributed by atoms with van der Waals surface area (Å²) in [6.07, 6.45) is 0. The van der Waals surface area contributed by atoms with Crippen LogP contribution in [-0.2, 0) is 14.3 Å². The van der Waals surface area contributed by atoms with E-state index in [4.69, 9.17) is 51.1 Å². The van der Waals surface area contributed by atoms with E-state index in [0.29, 0.717) is 16.2 Å². The largest absolute Gasteiger partial charge is 0.454 e. The smallest absolute Gasteiger partial charge is 0.329 e. The summed E-state index contributed by atoms with van der Waals surface area (Å²) in [6.45, 7) is 1.97. The Morgan fingerprint density at radius 2 is 1.39 bits per heavy atom. The Morgan fingerprint density at radius 3 is 1.85 bits per heavy atom. The van der Waals surface area contributed by atoms with Crippen LogP contribution < -0.4 is 5.32 Å². The molecule has 172 valence electrons. The minimum Gasteiger partial charge on any atom is -0.454 e. The monoisotopic (exact) mass is 530 g/mol. The zero-order valence-electron chi connectivity index (χ0n) is 17.0. The van der Waals surface area contributed by atoms with Crippen LogP contribution >= 0.6 is 46.4 Å². The van der Waals surface area contributed by atoms with E-state index in [-0.39, 0.29) is 37.0 Å². The van der Waals surface area contributed by atoms with Gasteiger partial charge in [-0.1, -0.05) is 46.4 Å². The molecule has 1 aliphatic heterocycles. The van der Waals surface area contributed by atoms with Gasteiger partial charge in [0.05, 0.1) is 31.2 Å². The van der Waals surface area contributed by atoms with E-state index < -0.39 is 36.3 Å². The van der Waals surface area contributed by atoms with Crippen LogP contribution in [0, 0.1) is 0 Å². The lowest BCUT2D eigenvalue weighted by Gasteiger charge is -2.20. The van der Waals surface area contributed by atoms with Gasteiger partial charge in [0.1, 0.15) is 6.04 Å². The molecule has 2 aromatic carbocycles. The molecule has 1 atom stereocenters. The predicted octanol–water partition coefficient (Wildman–Crippen LogP) is 4.67. The minimum absolute atomic E-state index is 0.129. The van der Waals surface area contributed by atoms with Gasteiger partial charge in [-0.2, -0.15) is 0 Å². The summed E-state index contributed by atoms with van der Waals surface area (Å²) >= 11 is 24.1. The van der Waals surface area contributed by atoms with Gasteiger partial charge in [0, 0.05) is 11.3 Å². The number of halogens is 4. The molecule has 0 aliphatic carbocycles. The molecule has 0 unspecified atom stereocenters. The number of nitrogens with one attached hydrogen (secondary N) is 1. The number of rotatable bonds is 6. The summed E-state index contributed by atoms with van der Waals surface area (Å²) < 4.78 is 4.95. The highest BCUT2D eigenvalue weighted by Gasteiger charge is 2.45. The highest BCUT2D eigenvalue weighted by Crippen LogP contribution is 2.45. The molecule has 12 heteroatoms. The van der Waals surface area contributed by atoms with Gasteiger partial charge in [-0.05, 0) is 38.1 Å². The number of amides is 3. The fourth-order valence-corrected chi connectivity index (χ4v) is 4.08. The van der Waals surface area contributed by atoms with Crippen molar-refractivity contribution in [1.29, 1.82) is 0 Å². The van der Waals surface area contributed by atoms with Crippen LogP contribution in [0.4, 0.5) is 5.69 Å². The third-order valence-corrected chi connectivity index (χ3v) is 6.58. The van der Waals surface area contributed by atoms with Crippen molar-refractivity contribution in [3.05, 3.63) is 61.0 Å². The maximum atomic E-state index is 12.8. The van der Waals surface area contributed by atoms with Crippen molar-refractivity contribution in [2.75, 3.05) is 11.9 Å². The standard InChI is InChI=1S/C21H14Cl4N2O6/c1-8(21(32)33-7-12(29)26-11-5-3-10(4-6-11)9(2)28)27-19(30)13-14(20(27)31)16(23)18(25)17(24)15(13)22/h3-6,8H,7H2,1-2H3,(H,26,29)/t8-/m0/s1. The number of benzene rings is 2. The Bertz CT molecular complexity index is 1170. The van der Waals surface area contributed by atoms with Crippen molar-refractivity contribution in [1.82, 2.24) is 4.90 Å². The van der Waals surface area contributed by atoms with Crippen molar-refractivity contribution >= 4 is 81.6 Å². The second-order valence-corrected chi connectivity index (χ2v) is 8.46. The molecule has 0 saturated carbocycles. The third kappa shape index (κ3) is 4.70. The van der Waals surface area contributed by atoms with Crippen LogP contribution in [0.25, 0.3) is 0 Å². The predicted molar refractivity (Wildman–Crippen MR) is 122 cm³/mol. The third-order valence-electron chi connectivity index (χ3n) is 4.78. The molecule has 1 aliphatic rings. The lowest BCUT2D eigenvalue weighted by molar-refractivity contribution is -0.150. The molecule has 1 N–H and O–H groups in total. The van der Waals surface area contributed by atoms with E-state index in [0.717, 1.165) is 0 Å². The second-order valence-electron chi connectivity index (χ2n) is 6.95. The van der Waals surface area contributed by atoms with Crippen LogP contribution in [-0.4, -0.2) is 47.0 Å². The number of nitrogens with zero attached hydrogens (tertiary/aromatic N) is 1. The topological polar surface area (TPSA) is 110 Å². The zero-order chi connectivity index (χ0) is 24.6. The number of carbonyl (C=O) groups is 5. The number of carbonyl (C=O) groups excluding carboxylic acids is 5. The lowest BCUT2D eigenvalue weighted by atomic mass is 10.1. The number of fused-ring (bicyclic) bond motifs is 1. The molecule has 0 aromatic heterocycles. The zero-order valence-corrected chi connectivity index (χ0v) is 20.0. The molecule has 0 bridgehead atoms. The number of hydrogen-bond donors (Lipinski definition) is 1. The molecule has 0 saturated heterocycles. The molecule has 0 spiro atoms. The average Bonchev–Trinajstić information content (AvgIpc) is 3.04. The van der Waals surface area contributed by atoms with Gasteiger partial charge in [-0.3, -0.25) is 24.1 Å². The van der Waals surface area contributed by atoms with E-state index in [1.54, 1.807) is 0 Å². The first-order valence-electron chi connectivity index (χ1n) is 9.27. The number of imide groups is 1. The quantitative estimate of drug-likeness (QED) is 0.191. The van der Waals surface area contributed by atoms with E-state index in [1.807, 2.05) is 0 Å². The highest BCUT2D eigenvalue weighted by atomic mass is 35.5. The minimum atomic E-state index is -1.40. The van der Waals surface area contributed by atoms with Crippen LogP contribution in [0.5, 0.6) is 0 Å². The van der Waals surface area contributed by atoms with Crippen molar-refractivity contribution < 1.29 is 28.7 Å². The van der Waals surface area contributed by atoms with Gasteiger partial charge in [0.15, 0.2) is 12.4 Å². The fraction of sp³-hybridized carbons (Fsp3) is 0.190. The van der Waals surface area contributed by atoms with Gasteiger partial charge in [0.2, 0.25) is 0 Å². The van der Waals surface area contributed by atoms with Crippen LogP contribution in [0.3, 0.4) is 0 Å². The van der Waals surface area contributed by atoms with Crippen LogP contribution in [0.1, 0.15) is 44.9 Å². The van der Waals surface area contributed by atoms with Crippen molar-refractivity contribution in [3.63, 3.8) is 0 Å². The summed E-state index contributed by atoms with van der Waals surface area (Å²) in [4.78, 5) is 62.0. The fourth-order valence-electron chi connectivity index (χ4n) is 3.07. The van der Waals surface area contributed by atoms with Gasteiger partial charge < -0.3 is 10.1 Å². The number of esters is 1.